The molecule has 0 radical (unpaired) electrons. The summed E-state index contributed by atoms with van der Waals surface area (Å²) in [7, 11) is 0. The number of likely N-dealkylation sites (tertiary alicyclic amines) is 1. The van der Waals surface area contributed by atoms with Gasteiger partial charge in [-0.15, -0.1) is 0 Å². The lowest BCUT2D eigenvalue weighted by Gasteiger charge is -2.29. The molecular weight excluding hydrogens is 388 g/mol. The zero-order chi connectivity index (χ0) is 20.5. The van der Waals surface area contributed by atoms with Crippen LogP contribution >= 0.6 is 11.6 Å². The van der Waals surface area contributed by atoms with Gasteiger partial charge in [-0.3, -0.25) is 9.59 Å². The van der Waals surface area contributed by atoms with E-state index in [0.717, 1.165) is 28.7 Å². The van der Waals surface area contributed by atoms with Gasteiger partial charge in [-0.25, -0.2) is 0 Å². The Kier molecular flexibility index (Phi) is 5.61. The summed E-state index contributed by atoms with van der Waals surface area (Å²) in [5, 5.41) is 13.5. The molecule has 2 aromatic rings. The number of rotatable bonds is 4. The Bertz CT molecular complexity index is 928. The van der Waals surface area contributed by atoms with Crippen LogP contribution in [0.5, 0.6) is 0 Å². The Labute approximate surface area is 175 Å². The van der Waals surface area contributed by atoms with E-state index >= 15 is 0 Å². The molecule has 0 spiro atoms. The summed E-state index contributed by atoms with van der Waals surface area (Å²) in [4.78, 5) is 25.4. The standard InChI is InChI=1S/C23H25ClN2O3/c1-14-5-12-21(28)26(14)13-15-6-8-16(9-7-15)17-3-2-4-18(22(17)24)19-10-11-20(27)25-23(19)29/h2-4,6-9,14,19,23,29H,5,10-13H2,1H3,(H,25,27). The maximum atomic E-state index is 12.0. The molecule has 2 saturated heterocycles. The first-order valence-electron chi connectivity index (χ1n) is 10.1. The SMILES string of the molecule is CC1CCC(=O)N1Cc1ccc(-c2cccc(C3CCC(=O)NC3O)c2Cl)cc1. The molecule has 2 N–H and O–H groups in total. The first-order chi connectivity index (χ1) is 13.9. The largest absolute Gasteiger partial charge is 0.373 e. The predicted octanol–water partition coefficient (Wildman–Crippen LogP) is 3.83. The van der Waals surface area contributed by atoms with Crippen molar-refractivity contribution in [2.75, 3.05) is 0 Å². The van der Waals surface area contributed by atoms with Crippen molar-refractivity contribution in [2.24, 2.45) is 0 Å². The van der Waals surface area contributed by atoms with Gasteiger partial charge in [-0.1, -0.05) is 54.1 Å². The number of nitrogens with zero attached hydrogens (tertiary/aromatic N) is 1. The third kappa shape index (κ3) is 4.02. The van der Waals surface area contributed by atoms with Crippen LogP contribution in [0.3, 0.4) is 0 Å². The number of halogens is 1. The zero-order valence-electron chi connectivity index (χ0n) is 16.4. The second-order valence-corrected chi connectivity index (χ2v) is 8.35. The summed E-state index contributed by atoms with van der Waals surface area (Å²) in [6.45, 7) is 2.72. The van der Waals surface area contributed by atoms with Gasteiger partial charge in [0.15, 0.2) is 0 Å². The fourth-order valence-electron chi connectivity index (χ4n) is 4.27. The molecule has 3 unspecified atom stereocenters. The van der Waals surface area contributed by atoms with E-state index in [2.05, 4.69) is 12.2 Å². The second-order valence-electron chi connectivity index (χ2n) is 7.97. The number of carbonyl (C=O) groups is 2. The van der Waals surface area contributed by atoms with Gasteiger partial charge in [0.05, 0.1) is 5.02 Å². The van der Waals surface area contributed by atoms with Crippen LogP contribution in [0.4, 0.5) is 0 Å². The Morgan fingerprint density at radius 1 is 1.10 bits per heavy atom. The average molecular weight is 413 g/mol. The van der Waals surface area contributed by atoms with Gasteiger partial charge in [-0.2, -0.15) is 0 Å². The maximum Gasteiger partial charge on any atom is 0.223 e. The number of hydrogen-bond acceptors (Lipinski definition) is 3. The van der Waals surface area contributed by atoms with E-state index in [1.54, 1.807) is 0 Å². The molecule has 2 amide bonds. The molecule has 2 aromatic carbocycles. The minimum Gasteiger partial charge on any atom is -0.373 e. The van der Waals surface area contributed by atoms with E-state index in [-0.39, 0.29) is 23.8 Å². The van der Waals surface area contributed by atoms with E-state index < -0.39 is 6.23 Å². The summed E-state index contributed by atoms with van der Waals surface area (Å²) in [5.74, 6) is -0.139. The maximum absolute atomic E-state index is 12.0. The summed E-state index contributed by atoms with van der Waals surface area (Å²) >= 11 is 6.72. The second kappa shape index (κ2) is 8.17. The van der Waals surface area contributed by atoms with Gasteiger partial charge >= 0.3 is 0 Å². The molecule has 2 heterocycles. The van der Waals surface area contributed by atoms with Crippen molar-refractivity contribution < 1.29 is 14.7 Å². The highest BCUT2D eigenvalue weighted by molar-refractivity contribution is 6.34. The molecule has 3 atom stereocenters. The lowest BCUT2D eigenvalue weighted by atomic mass is 9.87. The summed E-state index contributed by atoms with van der Waals surface area (Å²) < 4.78 is 0. The molecular formula is C23H25ClN2O3. The lowest BCUT2D eigenvalue weighted by molar-refractivity contribution is -0.129. The van der Waals surface area contributed by atoms with Crippen LogP contribution in [-0.2, 0) is 16.1 Å². The fraction of sp³-hybridized carbons (Fsp3) is 0.391. The molecule has 4 rings (SSSR count). The number of benzene rings is 2. The Balaban J connectivity index is 1.56. The van der Waals surface area contributed by atoms with Crippen molar-refractivity contribution in [1.82, 2.24) is 10.2 Å². The molecule has 5 nitrogen and oxygen atoms in total. The van der Waals surface area contributed by atoms with Gasteiger partial charge in [0.25, 0.3) is 0 Å². The molecule has 152 valence electrons. The first kappa shape index (κ1) is 19.9. The molecule has 0 aromatic heterocycles. The molecule has 0 saturated carbocycles. The Morgan fingerprint density at radius 2 is 1.86 bits per heavy atom. The van der Waals surface area contributed by atoms with Crippen LogP contribution < -0.4 is 5.32 Å². The first-order valence-corrected chi connectivity index (χ1v) is 10.5. The van der Waals surface area contributed by atoms with Gasteiger partial charge in [0, 0.05) is 36.9 Å². The highest BCUT2D eigenvalue weighted by Gasteiger charge is 2.30. The number of amides is 2. The van der Waals surface area contributed by atoms with Crippen LogP contribution in [0.25, 0.3) is 11.1 Å². The van der Waals surface area contributed by atoms with Crippen LogP contribution in [0, 0.1) is 0 Å². The molecule has 2 fully saturated rings. The number of piperidine rings is 1. The number of hydrogen-bond donors (Lipinski definition) is 2. The van der Waals surface area contributed by atoms with E-state index in [1.165, 1.54) is 0 Å². The third-order valence-electron chi connectivity index (χ3n) is 6.05. The summed E-state index contributed by atoms with van der Waals surface area (Å²) in [6, 6.07) is 14.2. The van der Waals surface area contributed by atoms with Crippen LogP contribution in [0.2, 0.25) is 5.02 Å². The van der Waals surface area contributed by atoms with Crippen molar-refractivity contribution in [3.05, 3.63) is 58.6 Å². The van der Waals surface area contributed by atoms with Gasteiger partial charge < -0.3 is 15.3 Å². The molecule has 2 aliphatic rings. The topological polar surface area (TPSA) is 69.6 Å². The van der Waals surface area contributed by atoms with Gasteiger partial charge in [0.1, 0.15) is 6.23 Å². The van der Waals surface area contributed by atoms with Crippen molar-refractivity contribution >= 4 is 23.4 Å². The Hall–Kier alpha value is -2.37. The van der Waals surface area contributed by atoms with E-state index in [1.807, 2.05) is 47.4 Å². The van der Waals surface area contributed by atoms with Crippen molar-refractivity contribution in [3.63, 3.8) is 0 Å². The van der Waals surface area contributed by atoms with Crippen LogP contribution in [0.15, 0.2) is 42.5 Å². The minimum atomic E-state index is -0.925. The fourth-order valence-corrected chi connectivity index (χ4v) is 4.65. The summed E-state index contributed by atoms with van der Waals surface area (Å²) in [5.41, 5.74) is 3.81. The normalized spacial score (nSPS) is 24.7. The monoisotopic (exact) mass is 412 g/mol. The van der Waals surface area contributed by atoms with Crippen molar-refractivity contribution in [3.8, 4) is 11.1 Å². The number of aliphatic hydroxyl groups is 1. The van der Waals surface area contributed by atoms with Gasteiger partial charge in [-0.05, 0) is 36.5 Å². The quantitative estimate of drug-likeness (QED) is 0.801. The van der Waals surface area contributed by atoms with Crippen LogP contribution in [0.1, 0.15) is 49.7 Å². The molecule has 2 aliphatic heterocycles. The molecule has 29 heavy (non-hydrogen) atoms. The Morgan fingerprint density at radius 3 is 2.52 bits per heavy atom. The summed E-state index contributed by atoms with van der Waals surface area (Å²) in [6.07, 6.45) is 1.58. The predicted molar refractivity (Wildman–Crippen MR) is 112 cm³/mol. The number of aliphatic hydroxyl groups excluding tert-OH is 1. The van der Waals surface area contributed by atoms with Gasteiger partial charge in [0.2, 0.25) is 11.8 Å². The number of carbonyl (C=O) groups excluding carboxylic acids is 2. The lowest BCUT2D eigenvalue weighted by Crippen LogP contribution is -2.43. The zero-order valence-corrected chi connectivity index (χ0v) is 17.2. The van der Waals surface area contributed by atoms with Crippen molar-refractivity contribution in [2.45, 2.75) is 57.3 Å². The minimum absolute atomic E-state index is 0.137. The highest BCUT2D eigenvalue weighted by Crippen LogP contribution is 2.38. The third-order valence-corrected chi connectivity index (χ3v) is 6.47. The number of nitrogens with one attached hydrogen (secondary N) is 1. The van der Waals surface area contributed by atoms with Crippen LogP contribution in [-0.4, -0.2) is 34.1 Å². The highest BCUT2D eigenvalue weighted by atomic mass is 35.5. The smallest absolute Gasteiger partial charge is 0.223 e. The van der Waals surface area contributed by atoms with Crippen molar-refractivity contribution in [1.29, 1.82) is 0 Å². The van der Waals surface area contributed by atoms with E-state index in [0.29, 0.717) is 30.8 Å². The average Bonchev–Trinajstić information content (AvgIpc) is 3.01. The van der Waals surface area contributed by atoms with E-state index in [4.69, 9.17) is 11.6 Å². The molecule has 0 bridgehead atoms. The van der Waals surface area contributed by atoms with E-state index in [9.17, 15) is 14.7 Å². The molecule has 6 heteroatoms. The molecule has 0 aliphatic carbocycles.